The van der Waals surface area contributed by atoms with Gasteiger partial charge in [-0.1, -0.05) is 0 Å². The molecule has 0 aliphatic rings. The van der Waals surface area contributed by atoms with Crippen molar-refractivity contribution in [2.24, 2.45) is 0 Å². The maximum absolute atomic E-state index is 12.2. The predicted octanol–water partition coefficient (Wildman–Crippen LogP) is 2.07. The monoisotopic (exact) mass is 332 g/mol. The number of furan rings is 1. The van der Waals surface area contributed by atoms with Gasteiger partial charge in [0.25, 0.3) is 0 Å². The highest BCUT2D eigenvalue weighted by Gasteiger charge is 2.24. The highest BCUT2D eigenvalue weighted by Crippen LogP contribution is 2.20. The van der Waals surface area contributed by atoms with Gasteiger partial charge in [0, 0.05) is 24.7 Å². The van der Waals surface area contributed by atoms with Gasteiger partial charge >= 0.3 is 5.97 Å². The third-order valence-corrected chi connectivity index (χ3v) is 3.85. The summed E-state index contributed by atoms with van der Waals surface area (Å²) in [5.41, 5.74) is 2.28. The number of aryl methyl sites for hydroxylation is 1. The molecule has 2 aromatic heterocycles. The fourth-order valence-electron chi connectivity index (χ4n) is 2.53. The van der Waals surface area contributed by atoms with Crippen LogP contribution in [0.25, 0.3) is 0 Å². The first-order valence-corrected chi connectivity index (χ1v) is 7.45. The van der Waals surface area contributed by atoms with Crippen LogP contribution < -0.4 is 5.32 Å². The van der Waals surface area contributed by atoms with Gasteiger partial charge in [-0.2, -0.15) is 0 Å². The van der Waals surface area contributed by atoms with E-state index in [2.05, 4.69) is 10.3 Å². The first-order valence-electron chi connectivity index (χ1n) is 7.45. The molecule has 2 N–H and O–H groups in total. The molecule has 0 saturated heterocycles. The lowest BCUT2D eigenvalue weighted by Crippen LogP contribution is -2.25. The number of esters is 1. The van der Waals surface area contributed by atoms with E-state index in [9.17, 15) is 14.4 Å². The van der Waals surface area contributed by atoms with Crippen molar-refractivity contribution in [2.45, 2.75) is 33.7 Å². The van der Waals surface area contributed by atoms with Crippen LogP contribution in [0.3, 0.4) is 0 Å². The summed E-state index contributed by atoms with van der Waals surface area (Å²) in [7, 11) is 1.26. The number of methoxy groups -OCH3 is 1. The third kappa shape index (κ3) is 3.56. The van der Waals surface area contributed by atoms with Gasteiger partial charge in [-0.05, 0) is 25.5 Å². The highest BCUT2D eigenvalue weighted by atomic mass is 16.5. The van der Waals surface area contributed by atoms with Gasteiger partial charge in [-0.15, -0.1) is 0 Å². The molecule has 0 aliphatic heterocycles. The average molecular weight is 332 g/mol. The Morgan fingerprint density at radius 1 is 1.29 bits per heavy atom. The molecule has 0 aromatic carbocycles. The largest absolute Gasteiger partial charge is 0.469 e. The van der Waals surface area contributed by atoms with E-state index in [1.54, 1.807) is 19.3 Å². The Hall–Kier alpha value is -2.83. The van der Waals surface area contributed by atoms with Gasteiger partial charge in [0.15, 0.2) is 5.78 Å². The molecule has 0 bridgehead atoms. The van der Waals surface area contributed by atoms with E-state index in [1.165, 1.54) is 14.0 Å². The number of hydrogen-bond donors (Lipinski definition) is 2. The van der Waals surface area contributed by atoms with Crippen LogP contribution in [-0.4, -0.2) is 29.8 Å². The number of rotatable bonds is 6. The topological polar surface area (TPSA) is 101 Å². The molecule has 2 aromatic rings. The van der Waals surface area contributed by atoms with Crippen molar-refractivity contribution < 1.29 is 23.5 Å². The van der Waals surface area contributed by atoms with Gasteiger partial charge in [-0.3, -0.25) is 9.59 Å². The van der Waals surface area contributed by atoms with Gasteiger partial charge in [0.2, 0.25) is 5.91 Å². The van der Waals surface area contributed by atoms with Gasteiger partial charge in [-0.25, -0.2) is 4.79 Å². The Morgan fingerprint density at radius 2 is 2.00 bits per heavy atom. The molecule has 128 valence electrons. The Balaban J connectivity index is 2.17. The number of Topliss-reactive ketones (excluding diaryl/α,β-unsaturated/α-hetero) is 1. The van der Waals surface area contributed by atoms with Gasteiger partial charge in [0.1, 0.15) is 5.76 Å². The molecule has 24 heavy (non-hydrogen) atoms. The van der Waals surface area contributed by atoms with Crippen molar-refractivity contribution in [1.82, 2.24) is 10.3 Å². The molecule has 0 atom stereocenters. The summed E-state index contributed by atoms with van der Waals surface area (Å²) in [6.45, 7) is 5.18. The molecule has 2 rings (SSSR count). The van der Waals surface area contributed by atoms with Crippen LogP contribution in [0.2, 0.25) is 0 Å². The summed E-state index contributed by atoms with van der Waals surface area (Å²) >= 11 is 0. The zero-order valence-corrected chi connectivity index (χ0v) is 14.1. The van der Waals surface area contributed by atoms with E-state index >= 15 is 0 Å². The molecule has 0 spiro atoms. The van der Waals surface area contributed by atoms with Crippen LogP contribution in [0.5, 0.6) is 0 Å². The second kappa shape index (κ2) is 7.16. The predicted molar refractivity (Wildman–Crippen MR) is 85.9 cm³/mol. The third-order valence-electron chi connectivity index (χ3n) is 3.85. The lowest BCUT2D eigenvalue weighted by molar-refractivity contribution is -0.120. The van der Waals surface area contributed by atoms with Crippen LogP contribution in [0, 0.1) is 13.8 Å². The van der Waals surface area contributed by atoms with Crippen molar-refractivity contribution in [1.29, 1.82) is 0 Å². The smallest absolute Gasteiger partial charge is 0.339 e. The molecule has 7 nitrogen and oxygen atoms in total. The highest BCUT2D eigenvalue weighted by molar-refractivity contribution is 6.01. The molecule has 0 radical (unpaired) electrons. The zero-order chi connectivity index (χ0) is 17.9. The van der Waals surface area contributed by atoms with E-state index in [4.69, 9.17) is 9.15 Å². The van der Waals surface area contributed by atoms with Crippen LogP contribution in [0.1, 0.15) is 50.4 Å². The van der Waals surface area contributed by atoms with Crippen molar-refractivity contribution >= 4 is 17.7 Å². The molecule has 0 saturated carbocycles. The Morgan fingerprint density at radius 3 is 2.54 bits per heavy atom. The number of aromatic nitrogens is 1. The Kier molecular flexibility index (Phi) is 5.23. The van der Waals surface area contributed by atoms with E-state index in [1.807, 2.05) is 6.92 Å². The minimum atomic E-state index is -0.579. The standard InChI is InChI=1S/C17H20N2O5/c1-9-15(17(22)23-4)13(19-16(9)10(2)20)7-14(21)18-8-12-5-6-24-11(12)3/h5-6,19H,7-8H2,1-4H3,(H,18,21). The van der Waals surface area contributed by atoms with E-state index in [-0.39, 0.29) is 23.7 Å². The Labute approximate surface area is 139 Å². The Bertz CT molecular complexity index is 785. The lowest BCUT2D eigenvalue weighted by Gasteiger charge is -2.06. The number of ether oxygens (including phenoxy) is 1. The second-order valence-corrected chi connectivity index (χ2v) is 5.48. The fourth-order valence-corrected chi connectivity index (χ4v) is 2.53. The molecule has 2 heterocycles. The quantitative estimate of drug-likeness (QED) is 0.623. The summed E-state index contributed by atoms with van der Waals surface area (Å²) in [6, 6.07) is 1.78. The summed E-state index contributed by atoms with van der Waals surface area (Å²) in [5, 5.41) is 2.76. The average Bonchev–Trinajstić information content (AvgIpc) is 3.08. The summed E-state index contributed by atoms with van der Waals surface area (Å²) in [5.74, 6) is -0.333. The number of H-pyrrole nitrogens is 1. The van der Waals surface area contributed by atoms with E-state index in [0.29, 0.717) is 23.5 Å². The normalized spacial score (nSPS) is 10.5. The maximum atomic E-state index is 12.2. The minimum Gasteiger partial charge on any atom is -0.469 e. The molecule has 7 heteroatoms. The van der Waals surface area contributed by atoms with Crippen LogP contribution in [-0.2, 0) is 22.5 Å². The lowest BCUT2D eigenvalue weighted by atomic mass is 10.1. The number of hydrogen-bond acceptors (Lipinski definition) is 5. The number of carbonyl (C=O) groups excluding carboxylic acids is 3. The maximum Gasteiger partial charge on any atom is 0.339 e. The van der Waals surface area contributed by atoms with Gasteiger partial charge < -0.3 is 19.5 Å². The summed E-state index contributed by atoms with van der Waals surface area (Å²) in [4.78, 5) is 38.7. The first-order chi connectivity index (χ1) is 11.3. The number of aromatic amines is 1. The number of nitrogens with one attached hydrogen (secondary N) is 2. The minimum absolute atomic E-state index is 0.0601. The summed E-state index contributed by atoms with van der Waals surface area (Å²) < 4.78 is 9.92. The van der Waals surface area contributed by atoms with Crippen LogP contribution in [0.4, 0.5) is 0 Å². The molecule has 0 aliphatic carbocycles. The van der Waals surface area contributed by atoms with Gasteiger partial charge in [0.05, 0.1) is 31.1 Å². The molecule has 0 unspecified atom stereocenters. The number of amides is 1. The van der Waals surface area contributed by atoms with E-state index in [0.717, 1.165) is 11.3 Å². The molecular weight excluding hydrogens is 312 g/mol. The van der Waals surface area contributed by atoms with Crippen LogP contribution in [0.15, 0.2) is 16.7 Å². The van der Waals surface area contributed by atoms with Crippen molar-refractivity contribution in [3.05, 3.63) is 46.2 Å². The van der Waals surface area contributed by atoms with Crippen molar-refractivity contribution in [2.75, 3.05) is 7.11 Å². The SMILES string of the molecule is COC(=O)c1c(CC(=O)NCc2ccoc2C)[nH]c(C(C)=O)c1C. The number of ketones is 1. The number of carbonyl (C=O) groups is 3. The fraction of sp³-hybridized carbons (Fsp3) is 0.353. The zero-order valence-electron chi connectivity index (χ0n) is 14.1. The second-order valence-electron chi connectivity index (χ2n) is 5.48. The van der Waals surface area contributed by atoms with E-state index < -0.39 is 5.97 Å². The van der Waals surface area contributed by atoms with Crippen molar-refractivity contribution in [3.8, 4) is 0 Å². The summed E-state index contributed by atoms with van der Waals surface area (Å²) in [6.07, 6.45) is 1.50. The molecule has 0 fully saturated rings. The first kappa shape index (κ1) is 17.5. The van der Waals surface area contributed by atoms with Crippen LogP contribution >= 0.6 is 0 Å². The van der Waals surface area contributed by atoms with Crippen molar-refractivity contribution in [3.63, 3.8) is 0 Å². The molecular formula is C17H20N2O5. The molecule has 1 amide bonds.